The number of esters is 1. The lowest BCUT2D eigenvalue weighted by atomic mass is 10.2. The summed E-state index contributed by atoms with van der Waals surface area (Å²) in [6.07, 6.45) is 0. The fourth-order valence-corrected chi connectivity index (χ4v) is 2.99. The highest BCUT2D eigenvalue weighted by atomic mass is 32.2. The quantitative estimate of drug-likeness (QED) is 0.651. The Hall–Kier alpha value is -2.91. The van der Waals surface area contributed by atoms with Gasteiger partial charge in [0, 0.05) is 12.1 Å². The normalized spacial score (nSPS) is 10.9. The van der Waals surface area contributed by atoms with Crippen molar-refractivity contribution in [2.75, 3.05) is 20.8 Å². The van der Waals surface area contributed by atoms with Crippen molar-refractivity contribution in [3.63, 3.8) is 0 Å². The van der Waals surface area contributed by atoms with Crippen LogP contribution in [0.4, 0.5) is 0 Å². The second-order valence-electron chi connectivity index (χ2n) is 5.40. The summed E-state index contributed by atoms with van der Waals surface area (Å²) in [6, 6.07) is 12.6. The van der Waals surface area contributed by atoms with E-state index >= 15 is 0 Å². The molecule has 0 spiro atoms. The van der Waals surface area contributed by atoms with E-state index in [2.05, 4.69) is 10.0 Å². The summed E-state index contributed by atoms with van der Waals surface area (Å²) in [5.41, 5.74) is 0.813. The minimum absolute atomic E-state index is 0.0313. The van der Waals surface area contributed by atoms with E-state index < -0.39 is 28.5 Å². The Morgan fingerprint density at radius 3 is 2.52 bits per heavy atom. The first-order chi connectivity index (χ1) is 12.9. The van der Waals surface area contributed by atoms with Crippen molar-refractivity contribution in [3.05, 3.63) is 59.7 Å². The first-order valence-corrected chi connectivity index (χ1v) is 9.45. The van der Waals surface area contributed by atoms with E-state index in [9.17, 15) is 18.0 Å². The maximum Gasteiger partial charge on any atom is 0.338 e. The van der Waals surface area contributed by atoms with Crippen LogP contribution < -0.4 is 14.8 Å². The zero-order valence-corrected chi connectivity index (χ0v) is 15.7. The lowest BCUT2D eigenvalue weighted by molar-refractivity contribution is -0.124. The van der Waals surface area contributed by atoms with Crippen LogP contribution in [0.15, 0.2) is 53.4 Å². The number of nitrogens with one attached hydrogen (secondary N) is 2. The number of para-hydroxylation sites is 1. The molecule has 2 aromatic carbocycles. The van der Waals surface area contributed by atoms with Gasteiger partial charge in [0.2, 0.25) is 10.0 Å². The Bertz CT molecular complexity index is 927. The molecule has 1 amide bonds. The molecule has 0 heterocycles. The van der Waals surface area contributed by atoms with Gasteiger partial charge in [0.05, 0.1) is 17.6 Å². The van der Waals surface area contributed by atoms with Gasteiger partial charge in [-0.3, -0.25) is 4.79 Å². The van der Waals surface area contributed by atoms with Crippen molar-refractivity contribution < 1.29 is 27.5 Å². The van der Waals surface area contributed by atoms with E-state index in [0.29, 0.717) is 5.75 Å². The maximum absolute atomic E-state index is 12.1. The summed E-state index contributed by atoms with van der Waals surface area (Å²) in [5, 5.41) is 2.62. The summed E-state index contributed by atoms with van der Waals surface area (Å²) >= 11 is 0. The summed E-state index contributed by atoms with van der Waals surface area (Å²) < 4.78 is 35.8. The standard InChI is InChI=1S/C18H20N2O6S/c1-19-27(23,24)15-8-5-7-13(10-15)18(22)26-12-17(21)20-11-14-6-3-4-9-16(14)25-2/h3-10,19H,11-12H2,1-2H3,(H,20,21). The molecule has 0 radical (unpaired) electrons. The van der Waals surface area contributed by atoms with Crippen LogP contribution in [-0.2, 0) is 26.1 Å². The van der Waals surface area contributed by atoms with Gasteiger partial charge in [-0.2, -0.15) is 0 Å². The predicted molar refractivity (Wildman–Crippen MR) is 97.8 cm³/mol. The second-order valence-corrected chi connectivity index (χ2v) is 7.29. The Balaban J connectivity index is 1.92. The van der Waals surface area contributed by atoms with Gasteiger partial charge in [0.1, 0.15) is 5.75 Å². The topological polar surface area (TPSA) is 111 Å². The average molecular weight is 392 g/mol. The molecule has 0 aliphatic rings. The van der Waals surface area contributed by atoms with Crippen LogP contribution in [-0.4, -0.2) is 41.1 Å². The number of rotatable bonds is 8. The number of methoxy groups -OCH3 is 1. The van der Waals surface area contributed by atoms with E-state index in [4.69, 9.17) is 9.47 Å². The summed E-state index contributed by atoms with van der Waals surface area (Å²) in [4.78, 5) is 23.9. The van der Waals surface area contributed by atoms with Crippen molar-refractivity contribution in [2.24, 2.45) is 0 Å². The first kappa shape index (κ1) is 20.4. The van der Waals surface area contributed by atoms with Crippen LogP contribution in [0.25, 0.3) is 0 Å². The fourth-order valence-electron chi connectivity index (χ4n) is 2.22. The van der Waals surface area contributed by atoms with Crippen LogP contribution in [0.3, 0.4) is 0 Å². The highest BCUT2D eigenvalue weighted by molar-refractivity contribution is 7.89. The van der Waals surface area contributed by atoms with Gasteiger partial charge < -0.3 is 14.8 Å². The molecule has 0 fully saturated rings. The van der Waals surface area contributed by atoms with Crippen LogP contribution in [0.2, 0.25) is 0 Å². The molecular weight excluding hydrogens is 372 g/mol. The zero-order valence-electron chi connectivity index (χ0n) is 14.9. The van der Waals surface area contributed by atoms with E-state index in [0.717, 1.165) is 5.56 Å². The lowest BCUT2D eigenvalue weighted by Crippen LogP contribution is -2.28. The molecule has 0 aromatic heterocycles. The Morgan fingerprint density at radius 1 is 1.07 bits per heavy atom. The minimum Gasteiger partial charge on any atom is -0.496 e. The molecule has 27 heavy (non-hydrogen) atoms. The molecule has 0 saturated carbocycles. The predicted octanol–water partition coefficient (Wildman–Crippen LogP) is 1.08. The molecular formula is C18H20N2O6S. The molecule has 0 atom stereocenters. The minimum atomic E-state index is -3.68. The number of ether oxygens (including phenoxy) is 2. The molecule has 0 aliphatic carbocycles. The van der Waals surface area contributed by atoms with E-state index in [1.165, 1.54) is 38.4 Å². The average Bonchev–Trinajstić information content (AvgIpc) is 2.70. The van der Waals surface area contributed by atoms with Gasteiger partial charge in [-0.25, -0.2) is 17.9 Å². The van der Waals surface area contributed by atoms with Crippen LogP contribution in [0.1, 0.15) is 15.9 Å². The van der Waals surface area contributed by atoms with Crippen LogP contribution >= 0.6 is 0 Å². The zero-order chi connectivity index (χ0) is 19.9. The first-order valence-electron chi connectivity index (χ1n) is 7.96. The SMILES string of the molecule is CNS(=O)(=O)c1cccc(C(=O)OCC(=O)NCc2ccccc2OC)c1. The molecule has 9 heteroatoms. The highest BCUT2D eigenvalue weighted by Gasteiger charge is 2.16. The molecule has 0 aliphatic heterocycles. The summed E-state index contributed by atoms with van der Waals surface area (Å²) in [6.45, 7) is -0.271. The number of hydrogen-bond acceptors (Lipinski definition) is 6. The third-order valence-electron chi connectivity index (χ3n) is 3.65. The number of benzene rings is 2. The Labute approximate surface area is 157 Å². The van der Waals surface area contributed by atoms with Crippen LogP contribution in [0, 0.1) is 0 Å². The van der Waals surface area contributed by atoms with Crippen molar-refractivity contribution in [1.82, 2.24) is 10.0 Å². The van der Waals surface area contributed by atoms with E-state index in [1.807, 2.05) is 12.1 Å². The summed E-state index contributed by atoms with van der Waals surface area (Å²) in [7, 11) is -0.878. The van der Waals surface area contributed by atoms with E-state index in [-0.39, 0.29) is 17.0 Å². The molecule has 0 saturated heterocycles. The van der Waals surface area contributed by atoms with Crippen molar-refractivity contribution in [1.29, 1.82) is 0 Å². The molecule has 0 bridgehead atoms. The van der Waals surface area contributed by atoms with Gasteiger partial charge >= 0.3 is 5.97 Å². The van der Waals surface area contributed by atoms with Gasteiger partial charge in [-0.05, 0) is 31.3 Å². The van der Waals surface area contributed by atoms with Gasteiger partial charge in [0.25, 0.3) is 5.91 Å². The second kappa shape index (κ2) is 9.15. The number of sulfonamides is 1. The number of carbonyl (C=O) groups is 2. The summed E-state index contributed by atoms with van der Waals surface area (Å²) in [5.74, 6) is -0.652. The van der Waals surface area contributed by atoms with Crippen molar-refractivity contribution in [3.8, 4) is 5.75 Å². The third kappa shape index (κ3) is 5.53. The monoisotopic (exact) mass is 392 g/mol. The largest absolute Gasteiger partial charge is 0.496 e. The molecule has 2 aromatic rings. The Kier molecular flexibility index (Phi) is 6.91. The highest BCUT2D eigenvalue weighted by Crippen LogP contribution is 2.16. The van der Waals surface area contributed by atoms with Gasteiger partial charge in [-0.15, -0.1) is 0 Å². The number of hydrogen-bond donors (Lipinski definition) is 2. The molecule has 144 valence electrons. The molecule has 0 unspecified atom stereocenters. The Morgan fingerprint density at radius 2 is 1.81 bits per heavy atom. The van der Waals surface area contributed by atoms with Crippen molar-refractivity contribution in [2.45, 2.75) is 11.4 Å². The smallest absolute Gasteiger partial charge is 0.338 e. The molecule has 2 rings (SSSR count). The maximum atomic E-state index is 12.1. The van der Waals surface area contributed by atoms with E-state index in [1.54, 1.807) is 12.1 Å². The molecule has 2 N–H and O–H groups in total. The molecule has 8 nitrogen and oxygen atoms in total. The fraction of sp³-hybridized carbons (Fsp3) is 0.222. The number of carbonyl (C=O) groups excluding carboxylic acids is 2. The van der Waals surface area contributed by atoms with Crippen molar-refractivity contribution >= 4 is 21.9 Å². The number of amides is 1. The van der Waals surface area contributed by atoms with Crippen LogP contribution in [0.5, 0.6) is 5.75 Å². The lowest BCUT2D eigenvalue weighted by Gasteiger charge is -2.10. The van der Waals surface area contributed by atoms with Gasteiger partial charge in [-0.1, -0.05) is 24.3 Å². The third-order valence-corrected chi connectivity index (χ3v) is 5.06. The van der Waals surface area contributed by atoms with Gasteiger partial charge in [0.15, 0.2) is 6.61 Å².